The Morgan fingerprint density at radius 1 is 1.33 bits per heavy atom. The first-order chi connectivity index (χ1) is 12.6. The van der Waals surface area contributed by atoms with Gasteiger partial charge in [0.25, 0.3) is 0 Å². The van der Waals surface area contributed by atoms with Crippen LogP contribution in [-0.4, -0.2) is 28.5 Å². The van der Waals surface area contributed by atoms with Gasteiger partial charge in [-0.25, -0.2) is 9.97 Å². The molecule has 1 N–H and O–H groups in total. The fraction of sp³-hybridized carbons (Fsp3) is 0.375. The molecule has 2 rings (SSSR count). The zero-order chi connectivity index (χ0) is 20.2. The number of benzene rings is 1. The summed E-state index contributed by atoms with van der Waals surface area (Å²) in [5.41, 5.74) is -1.50. The third-order valence-corrected chi connectivity index (χ3v) is 4.06. The number of hydrogen-bond donors (Lipinski definition) is 1. The van der Waals surface area contributed by atoms with Crippen molar-refractivity contribution in [3.05, 3.63) is 45.2 Å². The monoisotopic (exact) mass is 403 g/mol. The zero-order valence-electron chi connectivity index (χ0n) is 14.5. The molecule has 0 saturated heterocycles. The van der Waals surface area contributed by atoms with Crippen molar-refractivity contribution in [1.29, 1.82) is 0 Å². The van der Waals surface area contributed by atoms with Crippen molar-refractivity contribution in [1.82, 2.24) is 9.97 Å². The number of hydrogen-bond acceptors (Lipinski definition) is 6. The first-order valence-corrected chi connectivity index (χ1v) is 8.37. The molecule has 146 valence electrons. The third kappa shape index (κ3) is 4.97. The summed E-state index contributed by atoms with van der Waals surface area (Å²) in [7, 11) is 1.65. The van der Waals surface area contributed by atoms with Crippen molar-refractivity contribution in [3.63, 3.8) is 0 Å². The van der Waals surface area contributed by atoms with Crippen molar-refractivity contribution < 1.29 is 18.1 Å². The zero-order valence-corrected chi connectivity index (χ0v) is 15.3. The molecule has 0 spiro atoms. The van der Waals surface area contributed by atoms with Crippen LogP contribution in [-0.2, 0) is 6.18 Å². The van der Waals surface area contributed by atoms with Gasteiger partial charge < -0.3 is 10.2 Å². The average Bonchev–Trinajstić information content (AvgIpc) is 2.59. The second kappa shape index (κ2) is 8.38. The van der Waals surface area contributed by atoms with E-state index in [4.69, 9.17) is 11.6 Å². The van der Waals surface area contributed by atoms with Crippen LogP contribution >= 0.6 is 11.6 Å². The van der Waals surface area contributed by atoms with E-state index in [-0.39, 0.29) is 17.3 Å². The maximum Gasteiger partial charge on any atom is 0.417 e. The highest BCUT2D eigenvalue weighted by molar-refractivity contribution is 6.31. The minimum Gasteiger partial charge on any atom is -0.354 e. The summed E-state index contributed by atoms with van der Waals surface area (Å²) >= 11 is 5.59. The molecule has 0 unspecified atom stereocenters. The maximum absolute atomic E-state index is 13.0. The Hall–Kier alpha value is -2.62. The molecular weight excluding hydrogens is 387 g/mol. The number of alkyl halides is 3. The van der Waals surface area contributed by atoms with Gasteiger partial charge in [0.2, 0.25) is 11.6 Å². The molecule has 0 radical (unpaired) electrons. The summed E-state index contributed by atoms with van der Waals surface area (Å²) in [4.78, 5) is 20.3. The van der Waals surface area contributed by atoms with Gasteiger partial charge in [-0.1, -0.05) is 24.9 Å². The molecule has 0 aliphatic rings. The van der Waals surface area contributed by atoms with E-state index in [1.807, 2.05) is 6.92 Å². The Balaban J connectivity index is 2.44. The molecule has 1 heterocycles. The van der Waals surface area contributed by atoms with Crippen LogP contribution in [0.25, 0.3) is 0 Å². The molecule has 0 fully saturated rings. The molecule has 0 aliphatic heterocycles. The van der Waals surface area contributed by atoms with Crippen LogP contribution in [0.5, 0.6) is 0 Å². The van der Waals surface area contributed by atoms with E-state index in [0.29, 0.717) is 6.54 Å². The van der Waals surface area contributed by atoms with Gasteiger partial charge in [0.1, 0.15) is 6.33 Å². The summed E-state index contributed by atoms with van der Waals surface area (Å²) in [6.07, 6.45) is -1.85. The molecule has 0 saturated carbocycles. The number of anilines is 3. The van der Waals surface area contributed by atoms with Crippen molar-refractivity contribution in [2.45, 2.75) is 25.9 Å². The largest absolute Gasteiger partial charge is 0.417 e. The summed E-state index contributed by atoms with van der Waals surface area (Å²) < 4.78 is 39.0. The summed E-state index contributed by atoms with van der Waals surface area (Å²) in [5, 5.41) is 13.6. The van der Waals surface area contributed by atoms with E-state index in [1.54, 1.807) is 11.9 Å². The lowest BCUT2D eigenvalue weighted by Gasteiger charge is -2.18. The smallest absolute Gasteiger partial charge is 0.354 e. The van der Waals surface area contributed by atoms with Crippen molar-refractivity contribution in [2.75, 3.05) is 23.8 Å². The molecule has 0 atom stereocenters. The maximum atomic E-state index is 13.0. The Morgan fingerprint density at radius 2 is 2.04 bits per heavy atom. The predicted molar refractivity (Wildman–Crippen MR) is 96.6 cm³/mol. The summed E-state index contributed by atoms with van der Waals surface area (Å²) in [5.74, 6) is -0.125. The molecule has 27 heavy (non-hydrogen) atoms. The van der Waals surface area contributed by atoms with Gasteiger partial charge in [-0.3, -0.25) is 10.1 Å². The van der Waals surface area contributed by atoms with Gasteiger partial charge in [-0.2, -0.15) is 13.2 Å². The number of halogens is 4. The fourth-order valence-corrected chi connectivity index (χ4v) is 2.59. The summed E-state index contributed by atoms with van der Waals surface area (Å²) in [6, 6.07) is 3.12. The molecule has 11 heteroatoms. The highest BCUT2D eigenvalue weighted by Gasteiger charge is 2.33. The van der Waals surface area contributed by atoms with Crippen LogP contribution in [0.4, 0.5) is 36.2 Å². The minimum atomic E-state index is -4.65. The van der Waals surface area contributed by atoms with Crippen molar-refractivity contribution >= 4 is 34.6 Å². The highest BCUT2D eigenvalue weighted by atomic mass is 35.5. The van der Waals surface area contributed by atoms with Gasteiger partial charge in [0.15, 0.2) is 0 Å². The molecule has 2 aromatic rings. The van der Waals surface area contributed by atoms with E-state index in [9.17, 15) is 23.3 Å². The van der Waals surface area contributed by atoms with E-state index >= 15 is 0 Å². The average molecular weight is 404 g/mol. The molecule has 0 amide bonds. The lowest BCUT2D eigenvalue weighted by Crippen LogP contribution is -2.21. The van der Waals surface area contributed by atoms with Gasteiger partial charge in [-0.15, -0.1) is 0 Å². The third-order valence-electron chi connectivity index (χ3n) is 3.73. The van der Waals surface area contributed by atoms with Gasteiger partial charge in [-0.05, 0) is 24.6 Å². The van der Waals surface area contributed by atoms with Gasteiger partial charge in [0.05, 0.1) is 15.5 Å². The van der Waals surface area contributed by atoms with E-state index < -0.39 is 27.4 Å². The molecule has 0 bridgehead atoms. The molecule has 1 aromatic carbocycles. The second-order valence-corrected chi connectivity index (χ2v) is 6.15. The fourth-order valence-electron chi connectivity index (χ4n) is 2.37. The lowest BCUT2D eigenvalue weighted by molar-refractivity contribution is -0.383. The quantitative estimate of drug-likeness (QED) is 0.515. The molecule has 7 nitrogen and oxygen atoms in total. The van der Waals surface area contributed by atoms with Crippen LogP contribution in [0.15, 0.2) is 24.5 Å². The number of unbranched alkanes of at least 4 members (excludes halogenated alkanes) is 1. The first kappa shape index (κ1) is 20.7. The number of aromatic nitrogens is 2. The predicted octanol–water partition coefficient (Wildman–Crippen LogP) is 5.04. The van der Waals surface area contributed by atoms with Crippen LogP contribution in [0.3, 0.4) is 0 Å². The second-order valence-electron chi connectivity index (χ2n) is 5.74. The minimum absolute atomic E-state index is 0.0318. The van der Waals surface area contributed by atoms with E-state index in [2.05, 4.69) is 15.3 Å². The number of rotatable bonds is 7. The van der Waals surface area contributed by atoms with E-state index in [0.717, 1.165) is 31.3 Å². The first-order valence-electron chi connectivity index (χ1n) is 7.99. The Labute approximate surface area is 158 Å². The van der Waals surface area contributed by atoms with Crippen molar-refractivity contribution in [3.8, 4) is 0 Å². The normalized spacial score (nSPS) is 11.3. The Morgan fingerprint density at radius 3 is 2.63 bits per heavy atom. The standard InChI is InChI=1S/C16H17ClF3N5O2/c1-3-4-7-24(2)15-13(25(26)27)14(21-9-22-15)23-10-5-6-12(17)11(8-10)16(18,19)20/h5-6,8-9H,3-4,7H2,1-2H3,(H,21,22,23). The highest BCUT2D eigenvalue weighted by Crippen LogP contribution is 2.38. The van der Waals surface area contributed by atoms with Crippen LogP contribution in [0.2, 0.25) is 5.02 Å². The van der Waals surface area contributed by atoms with Gasteiger partial charge >= 0.3 is 11.9 Å². The van der Waals surface area contributed by atoms with Gasteiger partial charge in [0, 0.05) is 19.3 Å². The van der Waals surface area contributed by atoms with Crippen molar-refractivity contribution in [2.24, 2.45) is 0 Å². The van der Waals surface area contributed by atoms with Crippen LogP contribution in [0, 0.1) is 10.1 Å². The number of nitrogens with one attached hydrogen (secondary N) is 1. The van der Waals surface area contributed by atoms with E-state index in [1.165, 1.54) is 6.07 Å². The Bertz CT molecular complexity index is 832. The van der Waals surface area contributed by atoms with Crippen LogP contribution < -0.4 is 10.2 Å². The molecule has 1 aromatic heterocycles. The lowest BCUT2D eigenvalue weighted by atomic mass is 10.2. The number of nitrogens with zero attached hydrogens (tertiary/aromatic N) is 4. The van der Waals surface area contributed by atoms with Crippen LogP contribution in [0.1, 0.15) is 25.3 Å². The molecular formula is C16H17ClF3N5O2. The Kier molecular flexibility index (Phi) is 6.42. The molecule has 0 aliphatic carbocycles. The topological polar surface area (TPSA) is 84.2 Å². The summed E-state index contributed by atoms with van der Waals surface area (Å²) in [6.45, 7) is 2.51. The SMILES string of the molecule is CCCCN(C)c1ncnc(Nc2ccc(Cl)c(C(F)(F)F)c2)c1[N+](=O)[O-]. The number of nitro groups is 1.